The number of aromatic nitrogens is 2. The molecule has 0 saturated carbocycles. The van der Waals surface area contributed by atoms with Gasteiger partial charge in [0.05, 0.1) is 12.3 Å². The lowest BCUT2D eigenvalue weighted by Crippen LogP contribution is -2.23. The van der Waals surface area contributed by atoms with Crippen molar-refractivity contribution in [3.63, 3.8) is 0 Å². The molecule has 2 aromatic rings. The van der Waals surface area contributed by atoms with E-state index >= 15 is 0 Å². The minimum absolute atomic E-state index is 0.0148. The second-order valence-electron chi connectivity index (χ2n) is 5.86. The van der Waals surface area contributed by atoms with Crippen LogP contribution in [0.3, 0.4) is 0 Å². The van der Waals surface area contributed by atoms with Crippen molar-refractivity contribution in [2.24, 2.45) is 0 Å². The third-order valence-corrected chi connectivity index (χ3v) is 3.80. The number of nitrogens with zero attached hydrogens (tertiary/aromatic N) is 2. The van der Waals surface area contributed by atoms with Crippen LogP contribution in [0, 0.1) is 0 Å². The summed E-state index contributed by atoms with van der Waals surface area (Å²) in [5, 5.41) is 7.50. The lowest BCUT2D eigenvalue weighted by molar-refractivity contribution is -0.0515. The summed E-state index contributed by atoms with van der Waals surface area (Å²) in [7, 11) is 0. The Kier molecular flexibility index (Phi) is 5.36. The van der Waals surface area contributed by atoms with Gasteiger partial charge in [0.1, 0.15) is 0 Å². The molecule has 140 valence electrons. The summed E-state index contributed by atoms with van der Waals surface area (Å²) in [5.41, 5.74) is 3.16. The fourth-order valence-electron chi connectivity index (χ4n) is 2.44. The summed E-state index contributed by atoms with van der Waals surface area (Å²) in [4.78, 5) is 5.55. The maximum absolute atomic E-state index is 12.6. The van der Waals surface area contributed by atoms with Gasteiger partial charge in [-0.25, -0.2) is 0 Å². The molecule has 1 atom stereocenters. The van der Waals surface area contributed by atoms with E-state index in [2.05, 4.69) is 20.4 Å². The third kappa shape index (κ3) is 3.93. The number of hydrogen-bond acceptors (Lipinski definition) is 7. The molecule has 3 rings (SSSR count). The van der Waals surface area contributed by atoms with Crippen molar-refractivity contribution in [3.8, 4) is 11.5 Å². The molecule has 1 N–H and O–H groups in total. The van der Waals surface area contributed by atoms with E-state index in [9.17, 15) is 8.78 Å². The van der Waals surface area contributed by atoms with E-state index in [4.69, 9.17) is 14.0 Å². The van der Waals surface area contributed by atoms with Crippen molar-refractivity contribution in [1.82, 2.24) is 15.7 Å². The standard InChI is InChI=1S/C17H19F2N3O4/c1-3-4-7-23-14-8-11(5-6-13(14)25-16(18)19)12-9-17(2,26-22-12)15-21-20-10-24-15/h5-6,8-10,16,22H,3-4,7H2,1-2H3. The number of alkyl halides is 2. The highest BCUT2D eigenvalue weighted by Gasteiger charge is 2.37. The Morgan fingerprint density at radius 2 is 2.15 bits per heavy atom. The van der Waals surface area contributed by atoms with Gasteiger partial charge in [-0.2, -0.15) is 8.78 Å². The maximum Gasteiger partial charge on any atom is 0.387 e. The van der Waals surface area contributed by atoms with Gasteiger partial charge in [0, 0.05) is 5.56 Å². The SMILES string of the molecule is CCCCOc1cc(C2=CC(C)(c3nnco3)ON2)ccc1OC(F)F. The molecule has 1 aromatic carbocycles. The monoisotopic (exact) mass is 367 g/mol. The van der Waals surface area contributed by atoms with Crippen LogP contribution in [0.25, 0.3) is 5.70 Å². The number of halogens is 2. The molecule has 0 spiro atoms. The summed E-state index contributed by atoms with van der Waals surface area (Å²) >= 11 is 0. The van der Waals surface area contributed by atoms with E-state index in [1.807, 2.05) is 6.92 Å². The van der Waals surface area contributed by atoms with E-state index in [1.165, 1.54) is 12.5 Å². The minimum Gasteiger partial charge on any atom is -0.490 e. The molecule has 1 aromatic heterocycles. The highest BCUT2D eigenvalue weighted by atomic mass is 19.3. The molecule has 2 heterocycles. The van der Waals surface area contributed by atoms with Crippen molar-refractivity contribution in [3.05, 3.63) is 42.1 Å². The molecule has 1 unspecified atom stereocenters. The lowest BCUT2D eigenvalue weighted by Gasteiger charge is -2.14. The average Bonchev–Trinajstić information content (AvgIpc) is 3.27. The normalized spacial score (nSPS) is 19.3. The third-order valence-electron chi connectivity index (χ3n) is 3.80. The first-order valence-corrected chi connectivity index (χ1v) is 8.17. The molecular formula is C17H19F2N3O4. The number of nitrogens with one attached hydrogen (secondary N) is 1. The average molecular weight is 367 g/mol. The number of benzene rings is 1. The van der Waals surface area contributed by atoms with E-state index in [1.54, 1.807) is 25.1 Å². The highest BCUT2D eigenvalue weighted by molar-refractivity contribution is 5.68. The highest BCUT2D eigenvalue weighted by Crippen LogP contribution is 2.36. The van der Waals surface area contributed by atoms with Crippen molar-refractivity contribution < 1.29 is 27.5 Å². The van der Waals surface area contributed by atoms with Crippen LogP contribution < -0.4 is 15.0 Å². The van der Waals surface area contributed by atoms with Gasteiger partial charge in [-0.1, -0.05) is 13.3 Å². The smallest absolute Gasteiger partial charge is 0.387 e. The molecule has 9 heteroatoms. The van der Waals surface area contributed by atoms with Gasteiger partial charge in [0.15, 0.2) is 17.1 Å². The molecule has 1 aliphatic heterocycles. The van der Waals surface area contributed by atoms with Crippen molar-refractivity contribution in [1.29, 1.82) is 0 Å². The summed E-state index contributed by atoms with van der Waals surface area (Å²) in [6.07, 6.45) is 4.71. The van der Waals surface area contributed by atoms with Crippen LogP contribution in [0.4, 0.5) is 8.78 Å². The maximum atomic E-state index is 12.6. The Morgan fingerprint density at radius 1 is 1.31 bits per heavy atom. The second kappa shape index (κ2) is 7.69. The second-order valence-corrected chi connectivity index (χ2v) is 5.86. The van der Waals surface area contributed by atoms with Crippen LogP contribution in [0.2, 0.25) is 0 Å². The Morgan fingerprint density at radius 3 is 2.85 bits per heavy atom. The van der Waals surface area contributed by atoms with E-state index < -0.39 is 12.2 Å². The molecule has 0 amide bonds. The van der Waals surface area contributed by atoms with Crippen molar-refractivity contribution in [2.75, 3.05) is 6.61 Å². The Hall–Kier alpha value is -2.68. The topological polar surface area (TPSA) is 78.6 Å². The zero-order valence-corrected chi connectivity index (χ0v) is 14.4. The summed E-state index contributed by atoms with van der Waals surface area (Å²) in [6, 6.07) is 4.69. The first-order chi connectivity index (χ1) is 12.5. The number of unbranched alkanes of at least 4 members (excludes halogenated alkanes) is 1. The molecular weight excluding hydrogens is 348 g/mol. The number of rotatable bonds is 8. The predicted octanol–water partition coefficient (Wildman–Crippen LogP) is 3.64. The van der Waals surface area contributed by atoms with Crippen LogP contribution in [0.1, 0.15) is 38.1 Å². The quantitative estimate of drug-likeness (QED) is 0.714. The molecule has 26 heavy (non-hydrogen) atoms. The van der Waals surface area contributed by atoms with Crippen LogP contribution in [0.5, 0.6) is 11.5 Å². The summed E-state index contributed by atoms with van der Waals surface area (Å²) < 4.78 is 40.5. The number of ether oxygens (including phenoxy) is 2. The Balaban J connectivity index is 1.86. The van der Waals surface area contributed by atoms with Gasteiger partial charge < -0.3 is 13.9 Å². The first-order valence-electron chi connectivity index (χ1n) is 8.17. The van der Waals surface area contributed by atoms with E-state index in [0.717, 1.165) is 12.8 Å². The van der Waals surface area contributed by atoms with Gasteiger partial charge in [0.25, 0.3) is 5.89 Å². The zero-order chi connectivity index (χ0) is 18.6. The van der Waals surface area contributed by atoms with Gasteiger partial charge >= 0.3 is 6.61 Å². The molecule has 0 fully saturated rings. The molecule has 7 nitrogen and oxygen atoms in total. The van der Waals surface area contributed by atoms with Gasteiger partial charge in [-0.3, -0.25) is 10.3 Å². The Labute approximate surface area is 148 Å². The molecule has 0 bridgehead atoms. The van der Waals surface area contributed by atoms with Crippen LogP contribution in [0.15, 0.2) is 35.1 Å². The van der Waals surface area contributed by atoms with Gasteiger partial charge in [-0.15, -0.1) is 10.2 Å². The molecule has 0 aliphatic carbocycles. The molecule has 0 saturated heterocycles. The summed E-state index contributed by atoms with van der Waals surface area (Å²) in [6.45, 7) is 1.25. The van der Waals surface area contributed by atoms with Gasteiger partial charge in [0.2, 0.25) is 6.39 Å². The fraction of sp³-hybridized carbons (Fsp3) is 0.412. The van der Waals surface area contributed by atoms with Crippen LogP contribution in [-0.2, 0) is 10.4 Å². The minimum atomic E-state index is -2.93. The predicted molar refractivity (Wildman–Crippen MR) is 87.3 cm³/mol. The van der Waals surface area contributed by atoms with E-state index in [-0.39, 0.29) is 17.4 Å². The first kappa shape index (κ1) is 18.1. The van der Waals surface area contributed by atoms with Crippen molar-refractivity contribution in [2.45, 2.75) is 38.9 Å². The largest absolute Gasteiger partial charge is 0.490 e. The fourth-order valence-corrected chi connectivity index (χ4v) is 2.44. The number of hydroxylamine groups is 1. The molecule has 0 radical (unpaired) electrons. The van der Waals surface area contributed by atoms with Crippen LogP contribution in [-0.4, -0.2) is 23.4 Å². The van der Waals surface area contributed by atoms with E-state index in [0.29, 0.717) is 17.9 Å². The van der Waals surface area contributed by atoms with Gasteiger partial charge in [-0.05, 0) is 37.6 Å². The number of hydrogen-bond donors (Lipinski definition) is 1. The van der Waals surface area contributed by atoms with Crippen molar-refractivity contribution >= 4 is 5.70 Å². The Bertz CT molecular complexity index is 767. The molecule has 1 aliphatic rings. The van der Waals surface area contributed by atoms with Crippen LogP contribution >= 0.6 is 0 Å². The lowest BCUT2D eigenvalue weighted by atomic mass is 10.0. The summed E-state index contributed by atoms with van der Waals surface area (Å²) in [5.74, 6) is 0.515. The zero-order valence-electron chi connectivity index (χ0n) is 14.4.